The molecule has 0 spiro atoms. The van der Waals surface area contributed by atoms with Crippen LogP contribution in [0.1, 0.15) is 33.9 Å². The Labute approximate surface area is 149 Å². The lowest BCUT2D eigenvalue weighted by Crippen LogP contribution is -2.32. The third-order valence-electron chi connectivity index (χ3n) is 4.39. The van der Waals surface area contributed by atoms with Crippen LogP contribution in [0, 0.1) is 36.6 Å². The first-order valence-corrected chi connectivity index (χ1v) is 7.67. The fourth-order valence-corrected chi connectivity index (χ4v) is 2.85. The number of nitrogens with two attached hydrogens (primary N) is 2. The third-order valence-corrected chi connectivity index (χ3v) is 4.39. The first kappa shape index (κ1) is 16.9. The molecule has 0 radical (unpaired) electrons. The summed E-state index contributed by atoms with van der Waals surface area (Å²) in [6.07, 6.45) is 1.78. The van der Waals surface area contributed by atoms with Crippen molar-refractivity contribution in [1.82, 2.24) is 10.3 Å². The SMILES string of the molecule is Cc1ccc(C2N=C(NC#N)Nc3nc(N)c(C#N)c(N)c32)c(O)c1C. The highest BCUT2D eigenvalue weighted by Crippen LogP contribution is 2.43. The molecule has 0 aliphatic carbocycles. The van der Waals surface area contributed by atoms with E-state index in [4.69, 9.17) is 16.7 Å². The van der Waals surface area contributed by atoms with Gasteiger partial charge < -0.3 is 21.9 Å². The first-order valence-electron chi connectivity index (χ1n) is 7.67. The number of nitrogens with one attached hydrogen (secondary N) is 2. The maximum Gasteiger partial charge on any atom is 0.211 e. The van der Waals surface area contributed by atoms with Crippen LogP contribution in [-0.4, -0.2) is 16.1 Å². The van der Waals surface area contributed by atoms with Crippen LogP contribution in [0.5, 0.6) is 5.75 Å². The fourth-order valence-electron chi connectivity index (χ4n) is 2.85. The maximum atomic E-state index is 10.6. The number of hydrogen-bond acceptors (Lipinski definition) is 9. The Morgan fingerprint density at radius 2 is 2.00 bits per heavy atom. The summed E-state index contributed by atoms with van der Waals surface area (Å²) in [6, 6.07) is 4.76. The predicted molar refractivity (Wildman–Crippen MR) is 97.0 cm³/mol. The van der Waals surface area contributed by atoms with Gasteiger partial charge in [0.2, 0.25) is 5.96 Å². The van der Waals surface area contributed by atoms with Crippen molar-refractivity contribution >= 4 is 23.3 Å². The first-order chi connectivity index (χ1) is 12.4. The van der Waals surface area contributed by atoms with E-state index in [-0.39, 0.29) is 34.6 Å². The molecule has 2 heterocycles. The average Bonchev–Trinajstić information content (AvgIpc) is 2.59. The van der Waals surface area contributed by atoms with E-state index in [1.165, 1.54) is 0 Å². The quantitative estimate of drug-likeness (QED) is 0.380. The second kappa shape index (κ2) is 6.15. The van der Waals surface area contributed by atoms with Crippen LogP contribution in [0.3, 0.4) is 0 Å². The number of aromatic hydroxyl groups is 1. The van der Waals surface area contributed by atoms with E-state index >= 15 is 0 Å². The van der Waals surface area contributed by atoms with Gasteiger partial charge in [0.15, 0.2) is 6.19 Å². The number of guanidine groups is 1. The summed E-state index contributed by atoms with van der Waals surface area (Å²) in [5, 5.41) is 34.1. The van der Waals surface area contributed by atoms with E-state index in [9.17, 15) is 10.4 Å². The van der Waals surface area contributed by atoms with Gasteiger partial charge in [-0.05, 0) is 25.0 Å². The molecule has 1 aromatic heterocycles. The van der Waals surface area contributed by atoms with Gasteiger partial charge >= 0.3 is 0 Å². The molecule has 0 bridgehead atoms. The average molecular weight is 348 g/mol. The molecular weight excluding hydrogens is 332 g/mol. The molecule has 2 aromatic rings. The van der Waals surface area contributed by atoms with Crippen molar-refractivity contribution in [1.29, 1.82) is 10.5 Å². The molecule has 26 heavy (non-hydrogen) atoms. The molecule has 9 nitrogen and oxygen atoms in total. The third kappa shape index (κ3) is 2.48. The zero-order chi connectivity index (χ0) is 19.0. The highest BCUT2D eigenvalue weighted by atomic mass is 16.3. The number of hydrogen-bond donors (Lipinski definition) is 5. The number of aromatic nitrogens is 1. The summed E-state index contributed by atoms with van der Waals surface area (Å²) < 4.78 is 0. The topological polar surface area (TPSA) is 169 Å². The van der Waals surface area contributed by atoms with Gasteiger partial charge in [-0.25, -0.2) is 9.98 Å². The molecule has 1 aromatic carbocycles. The number of phenolic OH excluding ortho intramolecular Hbond substituents is 1. The molecule has 1 aliphatic rings. The molecule has 0 saturated carbocycles. The molecule has 130 valence electrons. The zero-order valence-electron chi connectivity index (χ0n) is 14.1. The standard InChI is InChI=1S/C17H16N8O/c1-7-3-4-9(14(26)8(7)2)13-11-12(20)10(5-18)15(21)24-16(11)25-17(23-13)22-6-19/h3-4,13,26H,1-2H3,(H6,20,21,22,23,24,25). The lowest BCUT2D eigenvalue weighted by molar-refractivity contribution is 0.460. The summed E-state index contributed by atoms with van der Waals surface area (Å²) in [6.45, 7) is 3.67. The zero-order valence-corrected chi connectivity index (χ0v) is 14.1. The lowest BCUT2D eigenvalue weighted by atomic mass is 9.92. The van der Waals surface area contributed by atoms with Gasteiger partial charge in [-0.1, -0.05) is 12.1 Å². The highest BCUT2D eigenvalue weighted by molar-refractivity contribution is 5.98. The number of nitrogens with zero attached hydrogens (tertiary/aromatic N) is 4. The van der Waals surface area contributed by atoms with Crippen LogP contribution in [0.25, 0.3) is 0 Å². The van der Waals surface area contributed by atoms with E-state index in [0.29, 0.717) is 16.7 Å². The lowest BCUT2D eigenvalue weighted by Gasteiger charge is -2.27. The van der Waals surface area contributed by atoms with E-state index in [1.807, 2.05) is 19.1 Å². The molecule has 1 unspecified atom stereocenters. The van der Waals surface area contributed by atoms with Gasteiger partial charge in [-0.3, -0.25) is 5.32 Å². The molecule has 0 amide bonds. The van der Waals surface area contributed by atoms with E-state index in [2.05, 4.69) is 20.6 Å². The Bertz CT molecular complexity index is 1030. The number of benzene rings is 1. The van der Waals surface area contributed by atoms with E-state index < -0.39 is 6.04 Å². The molecular formula is C17H16N8O. The number of pyridine rings is 1. The number of rotatable bonds is 1. The minimum Gasteiger partial charge on any atom is -0.507 e. The predicted octanol–water partition coefficient (Wildman–Crippen LogP) is 1.38. The van der Waals surface area contributed by atoms with Crippen molar-refractivity contribution in [2.45, 2.75) is 19.9 Å². The number of phenols is 1. The van der Waals surface area contributed by atoms with Crippen LogP contribution in [0.2, 0.25) is 0 Å². The largest absolute Gasteiger partial charge is 0.507 e. The molecule has 0 saturated heterocycles. The summed E-state index contributed by atoms with van der Waals surface area (Å²) in [5.74, 6) is 0.447. The monoisotopic (exact) mass is 348 g/mol. The molecule has 9 heteroatoms. The minimum atomic E-state index is -0.762. The molecule has 7 N–H and O–H groups in total. The van der Waals surface area contributed by atoms with Gasteiger partial charge in [-0.2, -0.15) is 10.5 Å². The Balaban J connectivity index is 2.31. The van der Waals surface area contributed by atoms with Gasteiger partial charge in [0.05, 0.1) is 5.69 Å². The Kier molecular flexibility index (Phi) is 3.99. The van der Waals surface area contributed by atoms with Gasteiger partial charge in [0, 0.05) is 11.1 Å². The van der Waals surface area contributed by atoms with Crippen molar-refractivity contribution in [3.63, 3.8) is 0 Å². The van der Waals surface area contributed by atoms with Crippen LogP contribution in [0.15, 0.2) is 17.1 Å². The van der Waals surface area contributed by atoms with Gasteiger partial charge in [0.1, 0.15) is 35.1 Å². The second-order valence-corrected chi connectivity index (χ2v) is 5.85. The van der Waals surface area contributed by atoms with E-state index in [1.54, 1.807) is 19.2 Å². The van der Waals surface area contributed by atoms with Crippen LogP contribution in [0.4, 0.5) is 17.3 Å². The second-order valence-electron chi connectivity index (χ2n) is 5.85. The maximum absolute atomic E-state index is 10.6. The number of nitrogen functional groups attached to an aromatic ring is 2. The van der Waals surface area contributed by atoms with Crippen molar-refractivity contribution in [2.24, 2.45) is 4.99 Å². The number of aryl methyl sites for hydroxylation is 1. The molecule has 3 rings (SSSR count). The number of nitriles is 2. The summed E-state index contributed by atoms with van der Waals surface area (Å²) in [7, 11) is 0. The van der Waals surface area contributed by atoms with Crippen molar-refractivity contribution < 1.29 is 5.11 Å². The van der Waals surface area contributed by atoms with E-state index in [0.717, 1.165) is 5.56 Å². The van der Waals surface area contributed by atoms with Gasteiger partial charge in [-0.15, -0.1) is 0 Å². The number of anilines is 3. The van der Waals surface area contributed by atoms with Crippen LogP contribution >= 0.6 is 0 Å². The number of fused-ring (bicyclic) bond motifs is 1. The van der Waals surface area contributed by atoms with Crippen molar-refractivity contribution in [2.75, 3.05) is 16.8 Å². The Morgan fingerprint density at radius 3 is 2.65 bits per heavy atom. The number of aliphatic imine (C=N–C) groups is 1. The molecule has 0 fully saturated rings. The van der Waals surface area contributed by atoms with Crippen molar-refractivity contribution in [3.8, 4) is 18.0 Å². The normalized spacial score (nSPS) is 15.1. The summed E-state index contributed by atoms with van der Waals surface area (Å²) in [5.41, 5.74) is 14.7. The summed E-state index contributed by atoms with van der Waals surface area (Å²) in [4.78, 5) is 8.60. The fraction of sp³-hybridized carbons (Fsp3) is 0.176. The Morgan fingerprint density at radius 1 is 1.27 bits per heavy atom. The molecule has 1 atom stereocenters. The van der Waals surface area contributed by atoms with Crippen LogP contribution < -0.4 is 22.1 Å². The van der Waals surface area contributed by atoms with Crippen LogP contribution in [-0.2, 0) is 0 Å². The van der Waals surface area contributed by atoms with Gasteiger partial charge in [0.25, 0.3) is 0 Å². The minimum absolute atomic E-state index is 0.0301. The smallest absolute Gasteiger partial charge is 0.211 e. The summed E-state index contributed by atoms with van der Waals surface area (Å²) >= 11 is 0. The molecule has 1 aliphatic heterocycles. The highest BCUT2D eigenvalue weighted by Gasteiger charge is 2.31. The Hall–Kier alpha value is -3.98. The van der Waals surface area contributed by atoms with Crippen molar-refractivity contribution in [3.05, 3.63) is 39.9 Å².